The van der Waals surface area contributed by atoms with Crippen LogP contribution < -0.4 is 24.8 Å². The number of rotatable bonds is 12. The number of sulfonamides is 1. The second kappa shape index (κ2) is 13.6. The summed E-state index contributed by atoms with van der Waals surface area (Å²) in [4.78, 5) is 12.7. The minimum Gasteiger partial charge on any atom is -0.406 e. The van der Waals surface area contributed by atoms with Crippen LogP contribution in [0, 0.1) is 5.92 Å². The van der Waals surface area contributed by atoms with Gasteiger partial charge in [0.15, 0.2) is 0 Å². The van der Waals surface area contributed by atoms with Crippen molar-refractivity contribution in [2.24, 2.45) is 5.92 Å². The number of carbonyl (C=O) groups excluding carboxylic acids is 1. The average Bonchev–Trinajstić information content (AvgIpc) is 2.86. The van der Waals surface area contributed by atoms with Gasteiger partial charge in [0.05, 0.1) is 4.90 Å². The van der Waals surface area contributed by atoms with Crippen LogP contribution in [0.25, 0.3) is 0 Å². The van der Waals surface area contributed by atoms with Gasteiger partial charge >= 0.3 is 12.7 Å². The molecule has 1 amide bonds. The Morgan fingerprint density at radius 2 is 1.54 bits per heavy atom. The highest BCUT2D eigenvalue weighted by molar-refractivity contribution is 7.89. The fourth-order valence-corrected chi connectivity index (χ4v) is 5.74. The van der Waals surface area contributed by atoms with Crippen LogP contribution in [0.4, 0.5) is 32.0 Å². The normalized spacial score (nSPS) is 16.5. The Bertz CT molecular complexity index is 1250. The van der Waals surface area contributed by atoms with Crippen molar-refractivity contribution in [2.75, 3.05) is 11.9 Å². The first kappa shape index (κ1) is 32.3. The number of hydrogen-bond donors (Lipinski definition) is 3. The van der Waals surface area contributed by atoms with E-state index in [9.17, 15) is 39.6 Å². The Morgan fingerprint density at radius 3 is 2.15 bits per heavy atom. The predicted molar refractivity (Wildman–Crippen MR) is 138 cm³/mol. The third kappa shape index (κ3) is 11.3. The minimum absolute atomic E-state index is 0.0768. The fraction of sp³-hybridized carbons (Fsp3) is 0.500. The van der Waals surface area contributed by atoms with E-state index in [2.05, 4.69) is 24.8 Å². The van der Waals surface area contributed by atoms with Crippen molar-refractivity contribution in [3.63, 3.8) is 0 Å². The first-order valence-corrected chi connectivity index (χ1v) is 14.4. The topological polar surface area (TPSA) is 106 Å². The Labute approximate surface area is 233 Å². The Hall–Kier alpha value is -3.20. The molecular weight excluding hydrogens is 580 g/mol. The second-order valence-corrected chi connectivity index (χ2v) is 11.5. The number of amides is 1. The van der Waals surface area contributed by atoms with Gasteiger partial charge in [-0.25, -0.2) is 8.42 Å². The predicted octanol–water partition coefficient (Wildman–Crippen LogP) is 5.72. The number of nitrogens with one attached hydrogen (secondary N) is 3. The van der Waals surface area contributed by atoms with Gasteiger partial charge in [0, 0.05) is 24.3 Å². The van der Waals surface area contributed by atoms with Crippen molar-refractivity contribution < 1.29 is 49.0 Å². The lowest BCUT2D eigenvalue weighted by Gasteiger charge is -2.27. The van der Waals surface area contributed by atoms with Gasteiger partial charge in [-0.05, 0) is 55.7 Å². The van der Waals surface area contributed by atoms with E-state index < -0.39 is 57.1 Å². The number of hydrogen-bond acceptors (Lipinski definition) is 6. The molecule has 0 radical (unpaired) electrons. The molecule has 3 N–H and O–H groups in total. The van der Waals surface area contributed by atoms with Crippen LogP contribution >= 0.6 is 0 Å². The molecule has 8 nitrogen and oxygen atoms in total. The van der Waals surface area contributed by atoms with Crippen LogP contribution in [0.3, 0.4) is 0 Å². The summed E-state index contributed by atoms with van der Waals surface area (Å²) in [5.41, 5.74) is 0.459. The van der Waals surface area contributed by atoms with Crippen LogP contribution in [0.2, 0.25) is 0 Å². The molecule has 1 fully saturated rings. The van der Waals surface area contributed by atoms with Crippen molar-refractivity contribution in [1.29, 1.82) is 0 Å². The lowest BCUT2D eigenvalue weighted by Crippen LogP contribution is -2.51. The molecule has 0 unspecified atom stereocenters. The smallest absolute Gasteiger partial charge is 0.406 e. The number of benzene rings is 2. The van der Waals surface area contributed by atoms with Crippen LogP contribution in [0.1, 0.15) is 45.4 Å². The number of ether oxygens (including phenoxy) is 2. The van der Waals surface area contributed by atoms with Crippen molar-refractivity contribution in [3.8, 4) is 11.5 Å². The molecule has 1 saturated carbocycles. The third-order valence-electron chi connectivity index (χ3n) is 6.35. The highest BCUT2D eigenvalue weighted by Crippen LogP contribution is 2.29. The SMILES string of the molecule is C[C@@H](CNc1ccc(OC(F)(F)F)cc1)NC(=O)[C@H](CC1CCCCC1)NS(=O)(=O)c1cccc(OC(F)(F)F)c1. The number of alkyl halides is 6. The highest BCUT2D eigenvalue weighted by Gasteiger charge is 2.33. The Kier molecular flexibility index (Phi) is 10.8. The van der Waals surface area contributed by atoms with E-state index in [4.69, 9.17) is 0 Å². The Morgan fingerprint density at radius 1 is 0.927 bits per heavy atom. The van der Waals surface area contributed by atoms with Gasteiger partial charge in [0.1, 0.15) is 17.5 Å². The molecule has 228 valence electrons. The zero-order chi connectivity index (χ0) is 30.3. The van der Waals surface area contributed by atoms with Crippen molar-refractivity contribution in [2.45, 2.75) is 75.2 Å². The Balaban J connectivity index is 1.66. The molecule has 3 rings (SSSR count). The number of halogens is 6. The van der Waals surface area contributed by atoms with Gasteiger partial charge in [-0.15, -0.1) is 26.3 Å². The van der Waals surface area contributed by atoms with Crippen LogP contribution in [-0.2, 0) is 14.8 Å². The van der Waals surface area contributed by atoms with Crippen molar-refractivity contribution in [3.05, 3.63) is 48.5 Å². The van der Waals surface area contributed by atoms with Gasteiger partial charge in [0.25, 0.3) is 0 Å². The first-order chi connectivity index (χ1) is 19.1. The third-order valence-corrected chi connectivity index (χ3v) is 7.82. The number of anilines is 1. The van der Waals surface area contributed by atoms with Crippen LogP contribution in [0.5, 0.6) is 11.5 Å². The van der Waals surface area contributed by atoms with Crippen LogP contribution in [0.15, 0.2) is 53.4 Å². The summed E-state index contributed by atoms with van der Waals surface area (Å²) in [5.74, 6) is -1.65. The molecule has 15 heteroatoms. The van der Waals surface area contributed by atoms with E-state index in [1.54, 1.807) is 6.92 Å². The summed E-state index contributed by atoms with van der Waals surface area (Å²) < 4.78 is 111. The molecule has 0 spiro atoms. The van der Waals surface area contributed by atoms with E-state index in [0.717, 1.165) is 68.5 Å². The summed E-state index contributed by atoms with van der Waals surface area (Å²) >= 11 is 0. The maximum atomic E-state index is 13.2. The monoisotopic (exact) mass is 611 g/mol. The first-order valence-electron chi connectivity index (χ1n) is 12.9. The summed E-state index contributed by atoms with van der Waals surface area (Å²) in [6, 6.07) is 7.14. The molecule has 0 saturated heterocycles. The maximum Gasteiger partial charge on any atom is 0.573 e. The number of carbonyl (C=O) groups is 1. The molecule has 2 aromatic rings. The molecule has 1 aliphatic carbocycles. The summed E-state index contributed by atoms with van der Waals surface area (Å²) in [5, 5.41) is 5.69. The molecule has 0 bridgehead atoms. The average molecular weight is 612 g/mol. The molecule has 41 heavy (non-hydrogen) atoms. The van der Waals surface area contributed by atoms with Gasteiger partial charge in [-0.1, -0.05) is 38.2 Å². The van der Waals surface area contributed by atoms with Gasteiger partial charge in [-0.2, -0.15) is 4.72 Å². The molecule has 0 aromatic heterocycles. The lowest BCUT2D eigenvalue weighted by molar-refractivity contribution is -0.275. The van der Waals surface area contributed by atoms with Gasteiger partial charge in [-0.3, -0.25) is 4.79 Å². The van der Waals surface area contributed by atoms with E-state index >= 15 is 0 Å². The summed E-state index contributed by atoms with van der Waals surface area (Å²) in [6.45, 7) is 1.81. The molecule has 0 aliphatic heterocycles. The largest absolute Gasteiger partial charge is 0.573 e. The molecule has 0 heterocycles. The minimum atomic E-state index is -5.01. The lowest BCUT2D eigenvalue weighted by atomic mass is 9.85. The molecule has 2 aromatic carbocycles. The zero-order valence-corrected chi connectivity index (χ0v) is 22.8. The van der Waals surface area contributed by atoms with E-state index in [-0.39, 0.29) is 18.9 Å². The fourth-order valence-electron chi connectivity index (χ4n) is 4.50. The second-order valence-electron chi connectivity index (χ2n) is 9.80. The molecular formula is C26H31F6N3O5S. The quantitative estimate of drug-likeness (QED) is 0.265. The standard InChI is InChI=1S/C26H31F6N3O5S/c1-17(16-33-19-10-12-20(13-11-19)39-25(27,28)29)34-24(36)23(14-18-6-3-2-4-7-18)35-41(37,38)22-9-5-8-21(15-22)40-26(30,31)32/h5,8-13,15,17-18,23,33,35H,2-4,6-7,14,16H2,1H3,(H,34,36)/t17-,23-/m0/s1. The summed E-state index contributed by atoms with van der Waals surface area (Å²) in [6.07, 6.45) is -5.09. The highest BCUT2D eigenvalue weighted by atomic mass is 32.2. The van der Waals surface area contributed by atoms with Crippen molar-refractivity contribution in [1.82, 2.24) is 10.0 Å². The maximum absolute atomic E-state index is 13.2. The van der Waals surface area contributed by atoms with Gasteiger partial charge in [0.2, 0.25) is 15.9 Å². The van der Waals surface area contributed by atoms with Gasteiger partial charge < -0.3 is 20.1 Å². The van der Waals surface area contributed by atoms with Crippen molar-refractivity contribution >= 4 is 21.6 Å². The molecule has 2 atom stereocenters. The summed E-state index contributed by atoms with van der Waals surface area (Å²) in [7, 11) is -4.41. The van der Waals surface area contributed by atoms with E-state index in [1.807, 2.05) is 0 Å². The van der Waals surface area contributed by atoms with E-state index in [0.29, 0.717) is 5.69 Å². The van der Waals surface area contributed by atoms with Crippen LogP contribution in [-0.4, -0.2) is 45.7 Å². The molecule has 1 aliphatic rings. The van der Waals surface area contributed by atoms with E-state index in [1.165, 1.54) is 12.1 Å². The zero-order valence-electron chi connectivity index (χ0n) is 22.0.